The molecule has 10 nitrogen and oxygen atoms in total. The van der Waals surface area contributed by atoms with E-state index in [0.717, 1.165) is 6.07 Å². The summed E-state index contributed by atoms with van der Waals surface area (Å²) >= 11 is 6.11. The zero-order chi connectivity index (χ0) is 29.4. The molecule has 0 spiro atoms. The standard InChI is InChI=1S/C16H21BrF2N2O5.C6H5BrF2N2O/c1-15(2,3)25-13(22)21(14(23)26-16(4,5)6)11-10(24-12(18)19)7-9(17)8-20-11;7-3-1-4(12-6(8)9)5(10)11-2-3/h7-8,12H,1-6H3;1-2,6H,(H2,10,11). The number of carbonyl (C=O) groups excluding carboxylic acids is 2. The Labute approximate surface area is 233 Å². The van der Waals surface area contributed by atoms with Crippen LogP contribution in [0.5, 0.6) is 11.5 Å². The summed E-state index contributed by atoms with van der Waals surface area (Å²) in [5.41, 5.74) is 3.35. The molecule has 0 unspecified atom stereocenters. The smallest absolute Gasteiger partial charge is 0.425 e. The first kappa shape index (κ1) is 33.1. The molecule has 2 rings (SSSR count). The number of amides is 2. The lowest BCUT2D eigenvalue weighted by Gasteiger charge is -2.28. The van der Waals surface area contributed by atoms with Gasteiger partial charge in [-0.3, -0.25) is 0 Å². The molecule has 0 aliphatic carbocycles. The summed E-state index contributed by atoms with van der Waals surface area (Å²) in [5, 5.41) is 0. The Morgan fingerprint density at radius 3 is 1.63 bits per heavy atom. The summed E-state index contributed by atoms with van der Waals surface area (Å²) in [6, 6.07) is 2.48. The molecule has 16 heteroatoms. The van der Waals surface area contributed by atoms with Crippen LogP contribution in [0.1, 0.15) is 41.5 Å². The van der Waals surface area contributed by atoms with Gasteiger partial charge in [0.15, 0.2) is 23.1 Å². The Kier molecular flexibility index (Phi) is 12.0. The molecule has 2 amide bonds. The van der Waals surface area contributed by atoms with Crippen LogP contribution >= 0.6 is 31.9 Å². The number of pyridine rings is 2. The Bertz CT molecular complexity index is 1090. The molecule has 2 aromatic rings. The van der Waals surface area contributed by atoms with Gasteiger partial charge < -0.3 is 24.7 Å². The number of halogens is 6. The van der Waals surface area contributed by atoms with E-state index in [-0.39, 0.29) is 11.6 Å². The number of nitrogen functional groups attached to an aromatic ring is 1. The lowest BCUT2D eigenvalue weighted by atomic mass is 10.2. The van der Waals surface area contributed by atoms with Crippen LogP contribution in [0.2, 0.25) is 0 Å². The molecular weight excluding hydrogens is 652 g/mol. The van der Waals surface area contributed by atoms with Gasteiger partial charge in [0.25, 0.3) is 0 Å². The molecule has 0 aliphatic heterocycles. The largest absolute Gasteiger partial charge is 0.443 e. The minimum Gasteiger partial charge on any atom is -0.443 e. The predicted octanol–water partition coefficient (Wildman–Crippen LogP) is 7.15. The SMILES string of the molecule is CC(C)(C)OC(=O)N(C(=O)OC(C)(C)C)c1ncc(Br)cc1OC(F)F.Nc1ncc(Br)cc1OC(F)F. The van der Waals surface area contributed by atoms with Crippen LogP contribution in [0.25, 0.3) is 0 Å². The molecule has 2 aromatic heterocycles. The van der Waals surface area contributed by atoms with E-state index in [1.165, 1.54) is 18.5 Å². The first-order valence-corrected chi connectivity index (χ1v) is 12.1. The third kappa shape index (κ3) is 12.1. The van der Waals surface area contributed by atoms with Crippen molar-refractivity contribution in [2.75, 3.05) is 10.6 Å². The number of alkyl halides is 4. The van der Waals surface area contributed by atoms with Crippen molar-refractivity contribution in [2.24, 2.45) is 0 Å². The van der Waals surface area contributed by atoms with Crippen molar-refractivity contribution in [1.29, 1.82) is 0 Å². The average Bonchev–Trinajstić information content (AvgIpc) is 2.69. The predicted molar refractivity (Wildman–Crippen MR) is 136 cm³/mol. The Hall–Kier alpha value is -2.88. The third-order valence-electron chi connectivity index (χ3n) is 3.44. The topological polar surface area (TPSA) is 126 Å². The van der Waals surface area contributed by atoms with Crippen LogP contribution < -0.4 is 20.1 Å². The van der Waals surface area contributed by atoms with E-state index in [9.17, 15) is 27.2 Å². The molecule has 2 heterocycles. The maximum absolute atomic E-state index is 12.7. The number of nitrogens with zero attached hydrogens (tertiary/aromatic N) is 3. The van der Waals surface area contributed by atoms with Gasteiger partial charge in [-0.1, -0.05) is 0 Å². The molecule has 212 valence electrons. The number of ether oxygens (including phenoxy) is 4. The van der Waals surface area contributed by atoms with E-state index in [0.29, 0.717) is 13.8 Å². The molecule has 0 fully saturated rings. The fourth-order valence-electron chi connectivity index (χ4n) is 2.25. The summed E-state index contributed by atoms with van der Waals surface area (Å²) in [5.74, 6) is -1.15. The van der Waals surface area contributed by atoms with Crippen molar-refractivity contribution in [3.63, 3.8) is 0 Å². The maximum atomic E-state index is 12.7. The van der Waals surface area contributed by atoms with Crippen LogP contribution in [0, 0.1) is 0 Å². The normalized spacial score (nSPS) is 11.4. The third-order valence-corrected chi connectivity index (χ3v) is 4.31. The number of carbonyl (C=O) groups is 2. The number of hydrogen-bond donors (Lipinski definition) is 1. The second kappa shape index (κ2) is 13.8. The minimum absolute atomic E-state index is 0.0569. The van der Waals surface area contributed by atoms with Crippen molar-refractivity contribution in [3.8, 4) is 11.5 Å². The van der Waals surface area contributed by atoms with E-state index in [2.05, 4.69) is 51.3 Å². The Morgan fingerprint density at radius 2 is 1.21 bits per heavy atom. The lowest BCUT2D eigenvalue weighted by Crippen LogP contribution is -2.44. The van der Waals surface area contributed by atoms with Crippen LogP contribution in [0.3, 0.4) is 0 Å². The van der Waals surface area contributed by atoms with Gasteiger partial charge in [-0.2, -0.15) is 22.5 Å². The van der Waals surface area contributed by atoms with Gasteiger partial charge in [-0.15, -0.1) is 0 Å². The summed E-state index contributed by atoms with van der Waals surface area (Å²) in [4.78, 5) is 32.9. The average molecular weight is 678 g/mol. The Morgan fingerprint density at radius 1 is 0.816 bits per heavy atom. The van der Waals surface area contributed by atoms with Gasteiger partial charge in [-0.25, -0.2) is 19.6 Å². The summed E-state index contributed by atoms with van der Waals surface area (Å²) in [6.07, 6.45) is 0.338. The number of aromatic nitrogens is 2. The number of anilines is 2. The highest BCUT2D eigenvalue weighted by Gasteiger charge is 2.36. The highest BCUT2D eigenvalue weighted by molar-refractivity contribution is 9.10. The van der Waals surface area contributed by atoms with Crippen LogP contribution in [-0.2, 0) is 9.47 Å². The number of hydrogen-bond acceptors (Lipinski definition) is 9. The summed E-state index contributed by atoms with van der Waals surface area (Å²) < 4.78 is 68.5. The maximum Gasteiger partial charge on any atom is 0.425 e. The first-order chi connectivity index (χ1) is 17.3. The van der Waals surface area contributed by atoms with Crippen LogP contribution in [0.15, 0.2) is 33.5 Å². The van der Waals surface area contributed by atoms with E-state index < -0.39 is 48.2 Å². The van der Waals surface area contributed by atoms with Crippen LogP contribution in [0.4, 0.5) is 38.8 Å². The molecule has 38 heavy (non-hydrogen) atoms. The molecule has 2 N–H and O–H groups in total. The van der Waals surface area contributed by atoms with E-state index >= 15 is 0 Å². The van der Waals surface area contributed by atoms with Crippen molar-refractivity contribution < 1.29 is 46.1 Å². The van der Waals surface area contributed by atoms with Gasteiger partial charge in [0.05, 0.1) is 0 Å². The zero-order valence-corrected chi connectivity index (χ0v) is 24.3. The van der Waals surface area contributed by atoms with Crippen molar-refractivity contribution in [1.82, 2.24) is 9.97 Å². The molecule has 0 bridgehead atoms. The highest BCUT2D eigenvalue weighted by atomic mass is 79.9. The van der Waals surface area contributed by atoms with Gasteiger partial charge in [0, 0.05) is 27.4 Å². The lowest BCUT2D eigenvalue weighted by molar-refractivity contribution is -0.0503. The monoisotopic (exact) mass is 676 g/mol. The number of nitrogens with two attached hydrogens (primary N) is 1. The first-order valence-electron chi connectivity index (χ1n) is 10.5. The zero-order valence-electron chi connectivity index (χ0n) is 21.1. The number of imide groups is 1. The Balaban J connectivity index is 0.000000499. The molecule has 0 atom stereocenters. The van der Waals surface area contributed by atoms with E-state index in [4.69, 9.17) is 15.2 Å². The van der Waals surface area contributed by atoms with E-state index in [1.807, 2.05) is 0 Å². The molecule has 0 saturated heterocycles. The van der Waals surface area contributed by atoms with Crippen molar-refractivity contribution in [2.45, 2.75) is 66.0 Å². The fraction of sp³-hybridized carbons (Fsp3) is 0.455. The fourth-order valence-corrected chi connectivity index (χ4v) is 2.87. The van der Waals surface area contributed by atoms with Crippen molar-refractivity contribution >= 4 is 55.7 Å². The molecule has 0 aliphatic rings. The molecule has 0 aromatic carbocycles. The van der Waals surface area contributed by atoms with Gasteiger partial charge in [0.2, 0.25) is 0 Å². The summed E-state index contributed by atoms with van der Waals surface area (Å²) in [6.45, 7) is 3.45. The van der Waals surface area contributed by atoms with Crippen molar-refractivity contribution in [3.05, 3.63) is 33.5 Å². The van der Waals surface area contributed by atoms with Crippen LogP contribution in [-0.4, -0.2) is 46.6 Å². The summed E-state index contributed by atoms with van der Waals surface area (Å²) in [7, 11) is 0. The molecular formula is C22H26Br2F4N4O6. The van der Waals surface area contributed by atoms with Gasteiger partial charge in [0.1, 0.15) is 11.2 Å². The molecule has 0 radical (unpaired) electrons. The number of rotatable bonds is 5. The second-order valence-corrected chi connectivity index (χ2v) is 10.9. The second-order valence-electron chi connectivity index (χ2n) is 9.07. The van der Waals surface area contributed by atoms with Gasteiger partial charge >= 0.3 is 25.4 Å². The minimum atomic E-state index is -3.19. The quantitative estimate of drug-likeness (QED) is 0.328. The van der Waals surface area contributed by atoms with E-state index in [1.54, 1.807) is 41.5 Å². The molecule has 0 saturated carbocycles. The van der Waals surface area contributed by atoms with Gasteiger partial charge in [-0.05, 0) is 79.5 Å². The highest BCUT2D eigenvalue weighted by Crippen LogP contribution is 2.32.